The van der Waals surface area contributed by atoms with E-state index in [-0.39, 0.29) is 16.9 Å². The molecule has 0 bridgehead atoms. The van der Waals surface area contributed by atoms with Crippen LogP contribution in [-0.2, 0) is 4.74 Å². The minimum atomic E-state index is -0.576. The van der Waals surface area contributed by atoms with Crippen LogP contribution in [0, 0.1) is 17.0 Å². The summed E-state index contributed by atoms with van der Waals surface area (Å²) >= 11 is 5.97. The second kappa shape index (κ2) is 7.43. The van der Waals surface area contributed by atoms with Crippen molar-refractivity contribution in [1.82, 2.24) is 10.3 Å². The second-order valence-electron chi connectivity index (χ2n) is 7.11. The molecule has 1 atom stereocenters. The van der Waals surface area contributed by atoms with Crippen LogP contribution in [-0.4, -0.2) is 40.7 Å². The average molecular weight is 371 g/mol. The predicted molar refractivity (Wildman–Crippen MR) is 95.2 cm³/mol. The molecule has 0 aliphatic carbocycles. The van der Waals surface area contributed by atoms with Crippen molar-refractivity contribution < 1.29 is 14.5 Å². The van der Waals surface area contributed by atoms with Crippen molar-refractivity contribution in [2.24, 2.45) is 0 Å². The van der Waals surface area contributed by atoms with Crippen molar-refractivity contribution >= 4 is 29.1 Å². The van der Waals surface area contributed by atoms with Crippen LogP contribution >= 0.6 is 11.6 Å². The summed E-state index contributed by atoms with van der Waals surface area (Å²) in [4.78, 5) is 28.7. The van der Waals surface area contributed by atoms with Crippen molar-refractivity contribution in [2.45, 2.75) is 52.2 Å². The number of carbonyl (C=O) groups excluding carboxylic acids is 1. The maximum absolute atomic E-state index is 12.0. The van der Waals surface area contributed by atoms with Gasteiger partial charge < -0.3 is 15.0 Å². The fourth-order valence-electron chi connectivity index (χ4n) is 2.81. The zero-order valence-corrected chi connectivity index (χ0v) is 15.6. The molecule has 2 rings (SSSR count). The summed E-state index contributed by atoms with van der Waals surface area (Å²) in [5.74, 6) is 0. The first-order valence-corrected chi connectivity index (χ1v) is 8.50. The Balaban J connectivity index is 2.16. The van der Waals surface area contributed by atoms with Crippen molar-refractivity contribution in [3.05, 3.63) is 27.0 Å². The highest BCUT2D eigenvalue weighted by atomic mass is 35.5. The largest absolute Gasteiger partial charge is 0.444 e. The van der Waals surface area contributed by atoms with Crippen LogP contribution in [0.2, 0.25) is 5.15 Å². The molecule has 1 amide bonds. The number of hydrogen-bond donors (Lipinski definition) is 1. The first-order valence-electron chi connectivity index (χ1n) is 8.13. The van der Waals surface area contributed by atoms with Gasteiger partial charge in [-0.1, -0.05) is 11.6 Å². The monoisotopic (exact) mass is 370 g/mol. The lowest BCUT2D eigenvalue weighted by atomic mass is 10.0. The molecule has 8 nitrogen and oxygen atoms in total. The quantitative estimate of drug-likeness (QED) is 0.497. The Bertz CT molecular complexity index is 675. The molecule has 0 radical (unpaired) electrons. The van der Waals surface area contributed by atoms with Crippen LogP contribution < -0.4 is 10.2 Å². The molecule has 1 fully saturated rings. The number of ether oxygens (including phenoxy) is 1. The third-order valence-electron chi connectivity index (χ3n) is 3.72. The van der Waals surface area contributed by atoms with E-state index in [0.29, 0.717) is 24.5 Å². The van der Waals surface area contributed by atoms with Gasteiger partial charge in [-0.05, 0) is 46.6 Å². The predicted octanol–water partition coefficient (Wildman–Crippen LogP) is 3.45. The minimum Gasteiger partial charge on any atom is -0.444 e. The summed E-state index contributed by atoms with van der Waals surface area (Å²) in [6.07, 6.45) is 1.08. The highest BCUT2D eigenvalue weighted by molar-refractivity contribution is 6.32. The Morgan fingerprint density at radius 2 is 2.20 bits per heavy atom. The number of aromatic nitrogens is 1. The molecule has 1 aromatic heterocycles. The summed E-state index contributed by atoms with van der Waals surface area (Å²) in [7, 11) is 0. The summed E-state index contributed by atoms with van der Waals surface area (Å²) in [5.41, 5.74) is 0.253. The molecule has 1 N–H and O–H groups in total. The first-order chi connectivity index (χ1) is 11.6. The maximum Gasteiger partial charge on any atom is 0.407 e. The number of amides is 1. The van der Waals surface area contributed by atoms with Crippen molar-refractivity contribution in [3.8, 4) is 0 Å². The van der Waals surface area contributed by atoms with Gasteiger partial charge in [0.25, 0.3) is 0 Å². The van der Waals surface area contributed by atoms with Gasteiger partial charge in [0.15, 0.2) is 0 Å². The van der Waals surface area contributed by atoms with Gasteiger partial charge in [-0.3, -0.25) is 10.1 Å². The fourth-order valence-corrected chi connectivity index (χ4v) is 3.11. The van der Waals surface area contributed by atoms with Gasteiger partial charge in [0.05, 0.1) is 4.92 Å². The van der Waals surface area contributed by atoms with Gasteiger partial charge in [0, 0.05) is 24.8 Å². The Labute approximate surface area is 151 Å². The molecular weight excluding hydrogens is 348 g/mol. The fraction of sp³-hybridized carbons (Fsp3) is 0.625. The summed E-state index contributed by atoms with van der Waals surface area (Å²) in [6.45, 7) is 8.22. The third-order valence-corrected chi connectivity index (χ3v) is 3.99. The number of nitrogens with one attached hydrogen (secondary N) is 1. The number of hydrogen-bond acceptors (Lipinski definition) is 6. The van der Waals surface area contributed by atoms with E-state index < -0.39 is 16.6 Å². The number of piperidine rings is 1. The highest BCUT2D eigenvalue weighted by Gasteiger charge is 2.30. The molecule has 1 aliphatic heterocycles. The Kier molecular flexibility index (Phi) is 5.72. The normalized spacial score (nSPS) is 18.0. The molecule has 1 aliphatic rings. The van der Waals surface area contributed by atoms with Gasteiger partial charge in [0.1, 0.15) is 11.3 Å². The first kappa shape index (κ1) is 19.2. The van der Waals surface area contributed by atoms with Crippen LogP contribution in [0.1, 0.15) is 39.3 Å². The smallest absolute Gasteiger partial charge is 0.407 e. The lowest BCUT2D eigenvalue weighted by molar-refractivity contribution is -0.384. The number of pyridine rings is 1. The summed E-state index contributed by atoms with van der Waals surface area (Å²) in [6, 6.07) is 1.50. The van der Waals surface area contributed by atoms with E-state index in [0.717, 1.165) is 12.8 Å². The Morgan fingerprint density at radius 3 is 2.80 bits per heavy atom. The van der Waals surface area contributed by atoms with Gasteiger partial charge >= 0.3 is 11.8 Å². The van der Waals surface area contributed by atoms with E-state index in [9.17, 15) is 14.9 Å². The molecule has 0 unspecified atom stereocenters. The Hall–Kier alpha value is -2.09. The van der Waals surface area contributed by atoms with E-state index in [2.05, 4.69) is 10.3 Å². The molecular formula is C16H23ClN4O4. The van der Waals surface area contributed by atoms with E-state index in [1.54, 1.807) is 33.8 Å². The van der Waals surface area contributed by atoms with Gasteiger partial charge in [-0.15, -0.1) is 0 Å². The zero-order chi connectivity index (χ0) is 18.8. The number of anilines is 1. The molecule has 0 spiro atoms. The van der Waals surface area contributed by atoms with E-state index >= 15 is 0 Å². The molecule has 0 aromatic carbocycles. The molecule has 138 valence electrons. The number of rotatable bonds is 3. The Morgan fingerprint density at radius 1 is 1.52 bits per heavy atom. The summed E-state index contributed by atoms with van der Waals surface area (Å²) < 4.78 is 5.27. The number of halogens is 1. The number of nitro groups is 1. The standard InChI is InChI=1S/C16H23ClN4O4/c1-10-8-12(13(21(23)24)14(17)18-10)20-7-5-6-11(9-20)19-15(22)25-16(2,3)4/h8,11H,5-7,9H2,1-4H3,(H,19,22)/t11-/m1/s1. The molecule has 0 saturated carbocycles. The van der Waals surface area contributed by atoms with E-state index in [1.165, 1.54) is 0 Å². The molecule has 1 aromatic rings. The lowest BCUT2D eigenvalue weighted by Crippen LogP contribution is -2.49. The van der Waals surface area contributed by atoms with Crippen molar-refractivity contribution in [3.63, 3.8) is 0 Å². The number of alkyl carbamates (subject to hydrolysis) is 1. The average Bonchev–Trinajstić information content (AvgIpc) is 2.43. The number of aryl methyl sites for hydroxylation is 1. The molecule has 2 heterocycles. The van der Waals surface area contributed by atoms with Crippen LogP contribution in [0.3, 0.4) is 0 Å². The summed E-state index contributed by atoms with van der Waals surface area (Å²) in [5, 5.41) is 14.1. The highest BCUT2D eigenvalue weighted by Crippen LogP contribution is 2.35. The van der Waals surface area contributed by atoms with Gasteiger partial charge in [0.2, 0.25) is 5.15 Å². The SMILES string of the molecule is Cc1cc(N2CCC[C@@H](NC(=O)OC(C)(C)C)C2)c([N+](=O)[O-])c(Cl)n1. The molecule has 9 heteroatoms. The second-order valence-corrected chi connectivity index (χ2v) is 7.47. The van der Waals surface area contributed by atoms with Crippen LogP contribution in [0.15, 0.2) is 6.07 Å². The molecule has 25 heavy (non-hydrogen) atoms. The number of carbonyl (C=O) groups is 1. The van der Waals surface area contributed by atoms with E-state index in [1.807, 2.05) is 4.90 Å². The van der Waals surface area contributed by atoms with Crippen LogP contribution in [0.5, 0.6) is 0 Å². The van der Waals surface area contributed by atoms with Crippen LogP contribution in [0.4, 0.5) is 16.2 Å². The van der Waals surface area contributed by atoms with Gasteiger partial charge in [-0.25, -0.2) is 9.78 Å². The zero-order valence-electron chi connectivity index (χ0n) is 14.8. The lowest BCUT2D eigenvalue weighted by Gasteiger charge is -2.34. The molecule has 1 saturated heterocycles. The van der Waals surface area contributed by atoms with Crippen molar-refractivity contribution in [1.29, 1.82) is 0 Å². The maximum atomic E-state index is 12.0. The van der Waals surface area contributed by atoms with E-state index in [4.69, 9.17) is 16.3 Å². The minimum absolute atomic E-state index is 0.123. The number of nitrogens with zero attached hydrogens (tertiary/aromatic N) is 3. The van der Waals surface area contributed by atoms with Crippen LogP contribution in [0.25, 0.3) is 0 Å². The van der Waals surface area contributed by atoms with Crippen molar-refractivity contribution in [2.75, 3.05) is 18.0 Å². The van der Waals surface area contributed by atoms with Gasteiger partial charge in [-0.2, -0.15) is 0 Å². The topological polar surface area (TPSA) is 97.6 Å². The third kappa shape index (κ3) is 5.19.